The summed E-state index contributed by atoms with van der Waals surface area (Å²) in [5, 5.41) is 4.38. The number of nitrogens with zero attached hydrogens (tertiary/aromatic N) is 4. The Hall–Kier alpha value is -3.42. The van der Waals surface area contributed by atoms with Crippen molar-refractivity contribution in [2.75, 3.05) is 0 Å². The van der Waals surface area contributed by atoms with Gasteiger partial charge in [0.15, 0.2) is 5.65 Å². The van der Waals surface area contributed by atoms with Crippen LogP contribution in [0.25, 0.3) is 22.6 Å². The molecular formula is C19H18N6O2. The molecule has 1 aliphatic carbocycles. The molecule has 0 aliphatic heterocycles. The predicted octanol–water partition coefficient (Wildman–Crippen LogP) is 1.73. The van der Waals surface area contributed by atoms with Gasteiger partial charge in [0.1, 0.15) is 11.3 Å². The maximum absolute atomic E-state index is 12.2. The smallest absolute Gasteiger partial charge is 0.330 e. The molecule has 0 bridgehead atoms. The largest absolute Gasteiger partial charge is 0.332 e. The van der Waals surface area contributed by atoms with E-state index in [0.29, 0.717) is 36.0 Å². The van der Waals surface area contributed by atoms with Crippen LogP contribution in [0.1, 0.15) is 18.4 Å². The molecule has 0 radical (unpaired) electrons. The van der Waals surface area contributed by atoms with Crippen LogP contribution in [0, 0.1) is 5.92 Å². The summed E-state index contributed by atoms with van der Waals surface area (Å²) in [5.74, 6) is 1.02. The highest BCUT2D eigenvalue weighted by molar-refractivity contribution is 5.75. The van der Waals surface area contributed by atoms with Crippen LogP contribution in [0.2, 0.25) is 0 Å². The molecule has 1 aliphatic rings. The van der Waals surface area contributed by atoms with Crippen molar-refractivity contribution in [2.45, 2.75) is 25.9 Å². The van der Waals surface area contributed by atoms with Gasteiger partial charge < -0.3 is 4.98 Å². The number of rotatable bonds is 5. The molecule has 1 saturated carbocycles. The van der Waals surface area contributed by atoms with Crippen LogP contribution in [0.5, 0.6) is 0 Å². The highest BCUT2D eigenvalue weighted by Crippen LogP contribution is 2.30. The summed E-state index contributed by atoms with van der Waals surface area (Å²) in [5.41, 5.74) is 1.79. The first-order valence-electron chi connectivity index (χ1n) is 8.97. The second-order valence-electron chi connectivity index (χ2n) is 7.01. The molecule has 1 fully saturated rings. The van der Waals surface area contributed by atoms with Crippen LogP contribution >= 0.6 is 0 Å². The number of aromatic amines is 2. The standard InChI is InChI=1S/C19H18N6O2/c26-18-15-17(25(19(27)23-18)10-13-6-7-13)22-16(21-15)14-8-20-24(11-14)9-12-4-2-1-3-5-12/h1-5,8,11,13H,6-7,9-10H2,(H,21,22)(H,23,26,27). The molecule has 0 saturated heterocycles. The molecule has 136 valence electrons. The molecular weight excluding hydrogens is 344 g/mol. The molecule has 8 nitrogen and oxygen atoms in total. The Balaban J connectivity index is 1.53. The first kappa shape index (κ1) is 15.8. The minimum Gasteiger partial charge on any atom is -0.332 e. The van der Waals surface area contributed by atoms with Gasteiger partial charge in [-0.3, -0.25) is 19.0 Å². The molecule has 0 amide bonds. The highest BCUT2D eigenvalue weighted by atomic mass is 16.2. The summed E-state index contributed by atoms with van der Waals surface area (Å²) in [6.07, 6.45) is 5.80. The zero-order valence-corrected chi connectivity index (χ0v) is 14.6. The second-order valence-corrected chi connectivity index (χ2v) is 7.01. The van der Waals surface area contributed by atoms with Crippen molar-refractivity contribution in [1.29, 1.82) is 0 Å². The monoisotopic (exact) mass is 362 g/mol. The third-order valence-corrected chi connectivity index (χ3v) is 4.86. The normalized spacial score (nSPS) is 14.1. The van der Waals surface area contributed by atoms with E-state index in [1.165, 1.54) is 0 Å². The van der Waals surface area contributed by atoms with Gasteiger partial charge >= 0.3 is 5.69 Å². The van der Waals surface area contributed by atoms with E-state index in [2.05, 4.69) is 20.1 Å². The van der Waals surface area contributed by atoms with Crippen molar-refractivity contribution in [1.82, 2.24) is 29.3 Å². The van der Waals surface area contributed by atoms with E-state index >= 15 is 0 Å². The van der Waals surface area contributed by atoms with Crippen LogP contribution in [0.3, 0.4) is 0 Å². The molecule has 8 heteroatoms. The molecule has 0 spiro atoms. The number of nitrogens with one attached hydrogen (secondary N) is 2. The average Bonchev–Trinajstić information content (AvgIpc) is 3.17. The topological polar surface area (TPSA) is 101 Å². The van der Waals surface area contributed by atoms with E-state index in [4.69, 9.17) is 0 Å². The van der Waals surface area contributed by atoms with Crippen LogP contribution in [-0.2, 0) is 13.1 Å². The number of aromatic nitrogens is 6. The fraction of sp³-hybridized carbons (Fsp3) is 0.263. The molecule has 5 rings (SSSR count). The Kier molecular flexibility index (Phi) is 3.56. The van der Waals surface area contributed by atoms with Crippen molar-refractivity contribution in [3.8, 4) is 11.4 Å². The van der Waals surface area contributed by atoms with Crippen LogP contribution < -0.4 is 11.2 Å². The highest BCUT2D eigenvalue weighted by Gasteiger charge is 2.24. The maximum Gasteiger partial charge on any atom is 0.330 e. The number of imidazole rings is 1. The number of H-pyrrole nitrogens is 2. The van der Waals surface area contributed by atoms with Gasteiger partial charge in [0.2, 0.25) is 0 Å². The third-order valence-electron chi connectivity index (χ3n) is 4.86. The number of benzene rings is 1. The van der Waals surface area contributed by atoms with Crippen molar-refractivity contribution in [2.24, 2.45) is 5.92 Å². The Labute approximate surface area is 153 Å². The lowest BCUT2D eigenvalue weighted by Gasteiger charge is -2.03. The van der Waals surface area contributed by atoms with Gasteiger partial charge in [-0.2, -0.15) is 5.10 Å². The SMILES string of the molecule is O=c1[nH]c(=O)n(CC2CC2)c2nc(-c3cnn(Cc4ccccc4)c3)[nH]c12. The maximum atomic E-state index is 12.2. The van der Waals surface area contributed by atoms with Gasteiger partial charge in [-0.05, 0) is 24.3 Å². The van der Waals surface area contributed by atoms with Crippen molar-refractivity contribution < 1.29 is 0 Å². The van der Waals surface area contributed by atoms with Gasteiger partial charge in [0.25, 0.3) is 5.56 Å². The number of fused-ring (bicyclic) bond motifs is 1. The molecule has 3 heterocycles. The van der Waals surface area contributed by atoms with Crippen molar-refractivity contribution >= 4 is 11.2 Å². The summed E-state index contributed by atoms with van der Waals surface area (Å²) < 4.78 is 3.38. The molecule has 27 heavy (non-hydrogen) atoms. The van der Waals surface area contributed by atoms with E-state index in [9.17, 15) is 9.59 Å². The Morgan fingerprint density at radius 3 is 2.70 bits per heavy atom. The van der Waals surface area contributed by atoms with Crippen LogP contribution in [0.15, 0.2) is 52.3 Å². The van der Waals surface area contributed by atoms with Gasteiger partial charge in [-0.1, -0.05) is 30.3 Å². The predicted molar refractivity (Wildman–Crippen MR) is 100 cm³/mol. The molecule has 4 aromatic rings. The quantitative estimate of drug-likeness (QED) is 0.564. The van der Waals surface area contributed by atoms with E-state index < -0.39 is 11.2 Å². The van der Waals surface area contributed by atoms with Gasteiger partial charge in [0, 0.05) is 12.7 Å². The summed E-state index contributed by atoms with van der Waals surface area (Å²) in [6, 6.07) is 10.0. The zero-order chi connectivity index (χ0) is 18.4. The summed E-state index contributed by atoms with van der Waals surface area (Å²) in [4.78, 5) is 34.4. The summed E-state index contributed by atoms with van der Waals surface area (Å²) >= 11 is 0. The minimum atomic E-state index is -0.447. The lowest BCUT2D eigenvalue weighted by Crippen LogP contribution is -2.30. The van der Waals surface area contributed by atoms with Gasteiger partial charge in [-0.15, -0.1) is 0 Å². The minimum absolute atomic E-state index is 0.320. The molecule has 3 aromatic heterocycles. The fourth-order valence-electron chi connectivity index (χ4n) is 3.25. The number of hydrogen-bond acceptors (Lipinski definition) is 4. The first-order valence-corrected chi connectivity index (χ1v) is 8.97. The second kappa shape index (κ2) is 6.08. The molecule has 0 atom stereocenters. The van der Waals surface area contributed by atoms with E-state index in [-0.39, 0.29) is 0 Å². The molecule has 1 aromatic carbocycles. The van der Waals surface area contributed by atoms with E-state index in [1.54, 1.807) is 10.8 Å². The average molecular weight is 362 g/mol. The molecule has 0 unspecified atom stereocenters. The third kappa shape index (κ3) is 2.99. The lowest BCUT2D eigenvalue weighted by molar-refractivity contribution is 0.607. The summed E-state index contributed by atoms with van der Waals surface area (Å²) in [6.45, 7) is 1.23. The Morgan fingerprint density at radius 2 is 1.93 bits per heavy atom. The van der Waals surface area contributed by atoms with Crippen molar-refractivity contribution in [3.63, 3.8) is 0 Å². The number of hydrogen-bond donors (Lipinski definition) is 2. The lowest BCUT2D eigenvalue weighted by atomic mass is 10.2. The van der Waals surface area contributed by atoms with Crippen LogP contribution in [0.4, 0.5) is 0 Å². The van der Waals surface area contributed by atoms with Gasteiger partial charge in [-0.25, -0.2) is 9.78 Å². The zero-order valence-electron chi connectivity index (χ0n) is 14.6. The molecule has 2 N–H and O–H groups in total. The first-order chi connectivity index (χ1) is 13.2. The van der Waals surface area contributed by atoms with E-state index in [1.807, 2.05) is 41.2 Å². The Bertz CT molecular complexity index is 1230. The van der Waals surface area contributed by atoms with E-state index in [0.717, 1.165) is 24.0 Å². The fourth-order valence-corrected chi connectivity index (χ4v) is 3.25. The van der Waals surface area contributed by atoms with Crippen LogP contribution in [-0.4, -0.2) is 29.3 Å². The summed E-state index contributed by atoms with van der Waals surface area (Å²) in [7, 11) is 0. The van der Waals surface area contributed by atoms with Gasteiger partial charge in [0.05, 0.1) is 18.3 Å². The van der Waals surface area contributed by atoms with Crippen molar-refractivity contribution in [3.05, 3.63) is 69.1 Å². The Morgan fingerprint density at radius 1 is 1.11 bits per heavy atom.